The van der Waals surface area contributed by atoms with Crippen LogP contribution in [-0.2, 0) is 9.59 Å². The Morgan fingerprint density at radius 2 is 1.79 bits per heavy atom. The van der Waals surface area contributed by atoms with Crippen molar-refractivity contribution in [2.75, 3.05) is 6.61 Å². The molecule has 0 aliphatic heterocycles. The zero-order valence-corrected chi connectivity index (χ0v) is 22.5. The van der Waals surface area contributed by atoms with Gasteiger partial charge in [-0.3, -0.25) is 9.59 Å². The third-order valence-corrected chi connectivity index (χ3v) is 5.58. The molecule has 184 valence electrons. The van der Waals surface area contributed by atoms with Crippen LogP contribution in [0.3, 0.4) is 0 Å². The maximum atomic E-state index is 12.8. The molecule has 0 bridgehead atoms. The van der Waals surface area contributed by atoms with E-state index in [0.717, 1.165) is 4.47 Å². The van der Waals surface area contributed by atoms with Crippen molar-refractivity contribution in [3.63, 3.8) is 0 Å². The molecule has 2 amide bonds. The van der Waals surface area contributed by atoms with Gasteiger partial charge in [0.1, 0.15) is 17.5 Å². The summed E-state index contributed by atoms with van der Waals surface area (Å²) in [6.07, 6.45) is 1.03. The lowest BCUT2D eigenvalue weighted by Crippen LogP contribution is -2.49. The maximum absolute atomic E-state index is 12.8. The minimum absolute atomic E-state index is 0.150. The molecule has 7 nitrogen and oxygen atoms in total. The summed E-state index contributed by atoms with van der Waals surface area (Å²) in [4.78, 5) is 25.5. The van der Waals surface area contributed by atoms with Crippen LogP contribution in [0, 0.1) is 5.92 Å². The summed E-state index contributed by atoms with van der Waals surface area (Å²) in [5.74, 6) is 0.214. The number of ether oxygens (including phenoxy) is 2. The molecule has 10 heteroatoms. The summed E-state index contributed by atoms with van der Waals surface area (Å²) >= 11 is 15.4. The van der Waals surface area contributed by atoms with Gasteiger partial charge in [0.25, 0.3) is 11.8 Å². The average molecular weight is 573 g/mol. The van der Waals surface area contributed by atoms with Crippen molar-refractivity contribution in [3.05, 3.63) is 56.5 Å². The molecule has 0 radical (unpaired) electrons. The van der Waals surface area contributed by atoms with E-state index >= 15 is 0 Å². The zero-order valence-electron chi connectivity index (χ0n) is 19.4. The minimum Gasteiger partial charge on any atom is -0.493 e. The molecule has 0 unspecified atom stereocenters. The van der Waals surface area contributed by atoms with Gasteiger partial charge in [-0.25, -0.2) is 5.43 Å². The van der Waals surface area contributed by atoms with Gasteiger partial charge in [-0.05, 0) is 62.6 Å². The first-order valence-corrected chi connectivity index (χ1v) is 12.3. The van der Waals surface area contributed by atoms with Crippen molar-refractivity contribution in [2.45, 2.75) is 46.3 Å². The number of benzene rings is 2. The Bertz CT molecular complexity index is 1030. The van der Waals surface area contributed by atoms with E-state index in [4.69, 9.17) is 32.7 Å². The first-order valence-electron chi connectivity index (χ1n) is 10.8. The molecular formula is C24H28BrCl2N3O4. The SMILES string of the molecule is CCOc1ccc(Br)cc1/C=N\NC(=O)[C@H](CC(C)C)NC(=O)[C@@H](C)Oc1ccc(Cl)cc1Cl. The first kappa shape index (κ1) is 28.0. The van der Waals surface area contributed by atoms with E-state index in [2.05, 4.69) is 31.8 Å². The van der Waals surface area contributed by atoms with Crippen LogP contribution in [0.2, 0.25) is 10.0 Å². The van der Waals surface area contributed by atoms with Crippen molar-refractivity contribution >= 4 is 57.2 Å². The second kappa shape index (κ2) is 13.6. The normalized spacial score (nSPS) is 12.9. The topological polar surface area (TPSA) is 89.0 Å². The molecule has 2 rings (SSSR count). The van der Waals surface area contributed by atoms with Crippen molar-refractivity contribution in [1.29, 1.82) is 0 Å². The summed E-state index contributed by atoms with van der Waals surface area (Å²) in [5.41, 5.74) is 3.20. The van der Waals surface area contributed by atoms with Crippen LogP contribution in [-0.4, -0.2) is 36.8 Å². The van der Waals surface area contributed by atoms with Gasteiger partial charge in [-0.15, -0.1) is 0 Å². The number of amides is 2. The first-order chi connectivity index (χ1) is 16.1. The van der Waals surface area contributed by atoms with Crippen LogP contribution in [0.25, 0.3) is 0 Å². The van der Waals surface area contributed by atoms with Gasteiger partial charge >= 0.3 is 0 Å². The number of hydrazone groups is 1. The minimum atomic E-state index is -0.889. The van der Waals surface area contributed by atoms with E-state index in [1.54, 1.807) is 19.1 Å². The lowest BCUT2D eigenvalue weighted by Gasteiger charge is -2.22. The number of nitrogens with zero attached hydrogens (tertiary/aromatic N) is 1. The highest BCUT2D eigenvalue weighted by Gasteiger charge is 2.25. The monoisotopic (exact) mass is 571 g/mol. The van der Waals surface area contributed by atoms with Crippen molar-refractivity contribution in [3.8, 4) is 11.5 Å². The summed E-state index contributed by atoms with van der Waals surface area (Å²) in [5, 5.41) is 7.54. The number of rotatable bonds is 11. The third kappa shape index (κ3) is 8.81. The van der Waals surface area contributed by atoms with Crippen LogP contribution < -0.4 is 20.2 Å². The van der Waals surface area contributed by atoms with Crippen molar-refractivity contribution < 1.29 is 19.1 Å². The van der Waals surface area contributed by atoms with E-state index in [0.29, 0.717) is 35.1 Å². The summed E-state index contributed by atoms with van der Waals surface area (Å²) in [6, 6.07) is 9.42. The highest BCUT2D eigenvalue weighted by Crippen LogP contribution is 2.28. The van der Waals surface area contributed by atoms with Gasteiger partial charge in [0, 0.05) is 15.1 Å². The van der Waals surface area contributed by atoms with Gasteiger partial charge in [0.05, 0.1) is 17.8 Å². The predicted octanol–water partition coefficient (Wildman–Crippen LogP) is 5.60. The molecule has 0 saturated heterocycles. The van der Waals surface area contributed by atoms with Crippen LogP contribution in [0.5, 0.6) is 11.5 Å². The number of hydrogen-bond donors (Lipinski definition) is 2. The number of hydrogen-bond acceptors (Lipinski definition) is 5. The second-order valence-corrected chi connectivity index (χ2v) is 9.63. The summed E-state index contributed by atoms with van der Waals surface area (Å²) in [7, 11) is 0. The zero-order chi connectivity index (χ0) is 25.3. The lowest BCUT2D eigenvalue weighted by atomic mass is 10.0. The van der Waals surface area contributed by atoms with E-state index < -0.39 is 24.0 Å². The molecular weight excluding hydrogens is 545 g/mol. The van der Waals surface area contributed by atoms with Gasteiger partial charge in [-0.1, -0.05) is 53.0 Å². The highest BCUT2D eigenvalue weighted by molar-refractivity contribution is 9.10. The Kier molecular flexibility index (Phi) is 11.1. The van der Waals surface area contributed by atoms with E-state index in [9.17, 15) is 9.59 Å². The molecule has 2 aromatic rings. The number of carbonyl (C=O) groups excluding carboxylic acids is 2. The molecule has 0 heterocycles. The standard InChI is InChI=1S/C24H28BrCl2N3O4/c1-5-33-21-8-6-17(25)11-16(21)13-28-30-24(32)20(10-14(2)3)29-23(31)15(4)34-22-9-7-18(26)12-19(22)27/h6-9,11-15,20H,5,10H2,1-4H3,(H,29,31)(H,30,32)/b28-13-/t15-,20+/m1/s1. The fraction of sp³-hybridized carbons (Fsp3) is 0.375. The van der Waals surface area contributed by atoms with Crippen LogP contribution in [0.4, 0.5) is 0 Å². The Morgan fingerprint density at radius 3 is 2.44 bits per heavy atom. The molecule has 2 N–H and O–H groups in total. The molecule has 2 atom stereocenters. The van der Waals surface area contributed by atoms with Gasteiger partial charge in [0.15, 0.2) is 6.10 Å². The second-order valence-electron chi connectivity index (χ2n) is 7.87. The maximum Gasteiger partial charge on any atom is 0.262 e. The van der Waals surface area contributed by atoms with Crippen molar-refractivity contribution in [2.24, 2.45) is 11.0 Å². The van der Waals surface area contributed by atoms with Crippen LogP contribution >= 0.6 is 39.1 Å². The predicted molar refractivity (Wildman–Crippen MR) is 139 cm³/mol. The molecule has 0 saturated carbocycles. The van der Waals surface area contributed by atoms with Crippen molar-refractivity contribution in [1.82, 2.24) is 10.7 Å². The Balaban J connectivity index is 2.05. The summed E-state index contributed by atoms with van der Waals surface area (Å²) in [6.45, 7) is 7.87. The highest BCUT2D eigenvalue weighted by atomic mass is 79.9. The Morgan fingerprint density at radius 1 is 1.09 bits per heavy atom. The van der Waals surface area contributed by atoms with E-state index in [1.807, 2.05) is 39.0 Å². The van der Waals surface area contributed by atoms with E-state index in [-0.39, 0.29) is 10.9 Å². The molecule has 2 aromatic carbocycles. The molecule has 0 aliphatic carbocycles. The number of nitrogens with one attached hydrogen (secondary N) is 2. The van der Waals surface area contributed by atoms with Crippen LogP contribution in [0.15, 0.2) is 46.0 Å². The molecule has 0 aromatic heterocycles. The average Bonchev–Trinajstić information content (AvgIpc) is 2.76. The fourth-order valence-electron chi connectivity index (χ4n) is 2.96. The molecule has 0 spiro atoms. The largest absolute Gasteiger partial charge is 0.493 e. The third-order valence-electron chi connectivity index (χ3n) is 4.56. The fourth-order valence-corrected chi connectivity index (χ4v) is 3.79. The summed E-state index contributed by atoms with van der Waals surface area (Å²) < 4.78 is 12.1. The Labute approximate surface area is 218 Å². The molecule has 0 aliphatic rings. The smallest absolute Gasteiger partial charge is 0.262 e. The molecule has 34 heavy (non-hydrogen) atoms. The number of carbonyl (C=O) groups is 2. The van der Waals surface area contributed by atoms with Gasteiger partial charge in [0.2, 0.25) is 0 Å². The lowest BCUT2D eigenvalue weighted by molar-refractivity contribution is -0.132. The number of halogens is 3. The van der Waals surface area contributed by atoms with Gasteiger partial charge in [-0.2, -0.15) is 5.10 Å². The van der Waals surface area contributed by atoms with Gasteiger partial charge < -0.3 is 14.8 Å². The Hall–Kier alpha value is -2.29. The quantitative estimate of drug-likeness (QED) is 0.271. The molecule has 0 fully saturated rings. The van der Waals surface area contributed by atoms with Crippen LogP contribution in [0.1, 0.15) is 39.7 Å². The van der Waals surface area contributed by atoms with E-state index in [1.165, 1.54) is 12.3 Å².